The van der Waals surface area contributed by atoms with E-state index in [0.29, 0.717) is 23.9 Å². The van der Waals surface area contributed by atoms with E-state index in [2.05, 4.69) is 27.8 Å². The van der Waals surface area contributed by atoms with Crippen LogP contribution in [0.2, 0.25) is 0 Å². The Morgan fingerprint density at radius 3 is 2.81 bits per heavy atom. The fourth-order valence-corrected chi connectivity index (χ4v) is 6.20. The van der Waals surface area contributed by atoms with Crippen LogP contribution >= 0.6 is 15.9 Å². The van der Waals surface area contributed by atoms with Gasteiger partial charge in [0.05, 0.1) is 11.5 Å². The molecule has 0 aromatic carbocycles. The summed E-state index contributed by atoms with van der Waals surface area (Å²) in [7, 11) is -2.99. The molecular formula is C18H23BrN4O2S. The van der Waals surface area contributed by atoms with E-state index in [4.69, 9.17) is 10.1 Å². The van der Waals surface area contributed by atoms with Gasteiger partial charge < -0.3 is 0 Å². The highest BCUT2D eigenvalue weighted by molar-refractivity contribution is 9.10. The van der Waals surface area contributed by atoms with Crippen molar-refractivity contribution in [1.82, 2.24) is 19.7 Å². The summed E-state index contributed by atoms with van der Waals surface area (Å²) in [6.07, 6.45) is 7.44. The third kappa shape index (κ3) is 3.86. The lowest BCUT2D eigenvalue weighted by Gasteiger charge is -2.33. The number of hydrogen-bond donors (Lipinski definition) is 0. The molecular weight excluding hydrogens is 416 g/mol. The monoisotopic (exact) mass is 438 g/mol. The molecule has 0 radical (unpaired) electrons. The van der Waals surface area contributed by atoms with Crippen molar-refractivity contribution in [1.29, 1.82) is 0 Å². The van der Waals surface area contributed by atoms with Crippen molar-refractivity contribution in [2.24, 2.45) is 11.8 Å². The highest BCUT2D eigenvalue weighted by Crippen LogP contribution is 2.36. The smallest absolute Gasteiger partial charge is 0.182 e. The van der Waals surface area contributed by atoms with Gasteiger partial charge in [-0.25, -0.2) is 18.1 Å². The molecule has 26 heavy (non-hydrogen) atoms. The second-order valence-electron chi connectivity index (χ2n) is 7.76. The van der Waals surface area contributed by atoms with Gasteiger partial charge >= 0.3 is 0 Å². The lowest BCUT2D eigenvalue weighted by Crippen LogP contribution is -2.29. The number of nitrogens with zero attached hydrogens (tertiary/aromatic N) is 4. The van der Waals surface area contributed by atoms with Gasteiger partial charge in [0.1, 0.15) is 5.82 Å². The molecule has 2 aliphatic rings. The molecule has 0 spiro atoms. The topological polar surface area (TPSA) is 77.7 Å². The van der Waals surface area contributed by atoms with Crippen molar-refractivity contribution in [3.05, 3.63) is 28.8 Å². The molecule has 0 bridgehead atoms. The Hall–Kier alpha value is -1.28. The molecule has 6 nitrogen and oxygen atoms in total. The van der Waals surface area contributed by atoms with Crippen molar-refractivity contribution in [2.45, 2.75) is 45.1 Å². The molecule has 1 atom stereocenters. The number of halogens is 1. The summed E-state index contributed by atoms with van der Waals surface area (Å²) in [6.45, 7) is 3.09. The summed E-state index contributed by atoms with van der Waals surface area (Å²) in [4.78, 5) is 8.97. The fraction of sp³-hybridized carbons (Fsp3) is 0.611. The predicted molar refractivity (Wildman–Crippen MR) is 103 cm³/mol. The second-order valence-corrected chi connectivity index (χ2v) is 10.9. The van der Waals surface area contributed by atoms with E-state index in [1.54, 1.807) is 12.4 Å². The molecule has 8 heteroatoms. The average molecular weight is 439 g/mol. The molecule has 4 rings (SSSR count). The number of sulfone groups is 1. The van der Waals surface area contributed by atoms with E-state index in [1.165, 1.54) is 12.8 Å². The van der Waals surface area contributed by atoms with Gasteiger partial charge in [0, 0.05) is 34.9 Å². The minimum absolute atomic E-state index is 0.0624. The molecule has 1 aliphatic heterocycles. The Balaban J connectivity index is 1.68. The summed E-state index contributed by atoms with van der Waals surface area (Å²) >= 11 is 3.44. The van der Waals surface area contributed by atoms with Crippen LogP contribution in [0.25, 0.3) is 11.4 Å². The maximum absolute atomic E-state index is 12.1. The van der Waals surface area contributed by atoms with Crippen molar-refractivity contribution < 1.29 is 8.42 Å². The van der Waals surface area contributed by atoms with Crippen molar-refractivity contribution >= 4 is 25.8 Å². The Morgan fingerprint density at radius 1 is 1.31 bits per heavy atom. The summed E-state index contributed by atoms with van der Waals surface area (Å²) in [6, 6.07) is 1.94. The maximum Gasteiger partial charge on any atom is 0.182 e. The van der Waals surface area contributed by atoms with E-state index < -0.39 is 9.84 Å². The molecule has 0 amide bonds. The average Bonchev–Trinajstić information content (AvgIpc) is 2.96. The first-order valence-corrected chi connectivity index (χ1v) is 11.8. The Kier molecular flexibility index (Phi) is 4.90. The van der Waals surface area contributed by atoms with Gasteiger partial charge in [-0.15, -0.1) is 0 Å². The van der Waals surface area contributed by atoms with Gasteiger partial charge in [0.2, 0.25) is 0 Å². The zero-order valence-corrected chi connectivity index (χ0v) is 17.2. The normalized spacial score (nSPS) is 27.8. The summed E-state index contributed by atoms with van der Waals surface area (Å²) < 4.78 is 27.1. The van der Waals surface area contributed by atoms with E-state index in [0.717, 1.165) is 34.7 Å². The maximum atomic E-state index is 12.1. The highest BCUT2D eigenvalue weighted by Gasteiger charge is 2.32. The largest absolute Gasteiger partial charge is 0.263 e. The highest BCUT2D eigenvalue weighted by atomic mass is 79.9. The Morgan fingerprint density at radius 2 is 2.12 bits per heavy atom. The van der Waals surface area contributed by atoms with Gasteiger partial charge in [-0.3, -0.25) is 4.98 Å². The molecule has 3 heterocycles. The molecule has 2 fully saturated rings. The van der Waals surface area contributed by atoms with Crippen LogP contribution in [0, 0.1) is 11.8 Å². The summed E-state index contributed by atoms with van der Waals surface area (Å²) in [5.74, 6) is 3.25. The lowest BCUT2D eigenvalue weighted by atomic mass is 9.76. The van der Waals surface area contributed by atoms with Crippen LogP contribution < -0.4 is 0 Å². The van der Waals surface area contributed by atoms with Gasteiger partial charge in [0.15, 0.2) is 15.7 Å². The zero-order valence-electron chi connectivity index (χ0n) is 14.8. The van der Waals surface area contributed by atoms with Crippen LogP contribution in [-0.4, -0.2) is 39.7 Å². The van der Waals surface area contributed by atoms with Gasteiger partial charge in [-0.05, 0) is 59.5 Å². The molecule has 1 saturated heterocycles. The third-order valence-corrected chi connectivity index (χ3v) is 7.65. The first kappa shape index (κ1) is 18.1. The van der Waals surface area contributed by atoms with E-state index in [9.17, 15) is 8.42 Å². The molecule has 1 unspecified atom stereocenters. The SMILES string of the molecule is CC1CC(Cn2nc(-c3cncc(Br)c3)nc2C2CCCS(=O)(=O)C2)C1. The molecule has 140 valence electrons. The third-order valence-electron chi connectivity index (χ3n) is 5.39. The number of pyridine rings is 1. The van der Waals surface area contributed by atoms with Crippen LogP contribution in [-0.2, 0) is 16.4 Å². The Bertz CT molecular complexity index is 906. The van der Waals surface area contributed by atoms with Crippen LogP contribution in [0.3, 0.4) is 0 Å². The van der Waals surface area contributed by atoms with Crippen LogP contribution in [0.1, 0.15) is 44.3 Å². The molecule has 1 saturated carbocycles. The first-order valence-electron chi connectivity index (χ1n) is 9.16. The zero-order chi connectivity index (χ0) is 18.3. The molecule has 2 aromatic rings. The van der Waals surface area contributed by atoms with E-state index in [1.807, 2.05) is 10.7 Å². The van der Waals surface area contributed by atoms with Crippen LogP contribution in [0.5, 0.6) is 0 Å². The first-order chi connectivity index (χ1) is 12.4. The number of rotatable bonds is 4. The summed E-state index contributed by atoms with van der Waals surface area (Å²) in [5.41, 5.74) is 0.847. The van der Waals surface area contributed by atoms with Crippen molar-refractivity contribution in [3.63, 3.8) is 0 Å². The quantitative estimate of drug-likeness (QED) is 0.730. The second kappa shape index (κ2) is 7.03. The van der Waals surface area contributed by atoms with Crippen LogP contribution in [0.4, 0.5) is 0 Å². The summed E-state index contributed by atoms with van der Waals surface area (Å²) in [5, 5.41) is 4.74. The predicted octanol–water partition coefficient (Wildman–Crippen LogP) is 3.44. The molecule has 1 aliphatic carbocycles. The molecule has 2 aromatic heterocycles. The number of aromatic nitrogens is 4. The van der Waals surface area contributed by atoms with Crippen LogP contribution in [0.15, 0.2) is 22.9 Å². The fourth-order valence-electron chi connectivity index (χ4n) is 4.14. The van der Waals surface area contributed by atoms with E-state index in [-0.39, 0.29) is 11.7 Å². The minimum Gasteiger partial charge on any atom is -0.263 e. The number of hydrogen-bond acceptors (Lipinski definition) is 5. The van der Waals surface area contributed by atoms with Gasteiger partial charge in [-0.2, -0.15) is 5.10 Å². The minimum atomic E-state index is -2.99. The Labute approximate surface area is 162 Å². The standard InChI is InChI=1S/C18H23BrN4O2S/c1-12-5-13(6-12)10-23-18(14-3-2-4-26(24,25)11-14)21-17(22-23)15-7-16(19)9-20-8-15/h7-9,12-14H,2-6,10-11H2,1H3. The van der Waals surface area contributed by atoms with Crippen molar-refractivity contribution in [2.75, 3.05) is 11.5 Å². The lowest BCUT2D eigenvalue weighted by molar-refractivity contribution is 0.179. The van der Waals surface area contributed by atoms with Gasteiger partial charge in [-0.1, -0.05) is 6.92 Å². The molecule has 0 N–H and O–H groups in total. The van der Waals surface area contributed by atoms with E-state index >= 15 is 0 Å². The van der Waals surface area contributed by atoms with Gasteiger partial charge in [0.25, 0.3) is 0 Å². The van der Waals surface area contributed by atoms with Crippen molar-refractivity contribution in [3.8, 4) is 11.4 Å².